The third-order valence-electron chi connectivity index (χ3n) is 4.54. The van der Waals surface area contributed by atoms with Crippen LogP contribution in [0.3, 0.4) is 0 Å². The fourth-order valence-electron chi connectivity index (χ4n) is 2.90. The van der Waals surface area contributed by atoms with E-state index in [1.807, 2.05) is 18.2 Å². The van der Waals surface area contributed by atoms with Gasteiger partial charge in [-0.3, -0.25) is 4.79 Å². The predicted molar refractivity (Wildman–Crippen MR) is 119 cm³/mol. The van der Waals surface area contributed by atoms with E-state index in [2.05, 4.69) is 5.32 Å². The Bertz CT molecular complexity index is 1200. The van der Waals surface area contributed by atoms with Crippen LogP contribution >= 0.6 is 0 Å². The molecule has 0 saturated heterocycles. The van der Waals surface area contributed by atoms with Crippen molar-refractivity contribution in [2.24, 2.45) is 0 Å². The van der Waals surface area contributed by atoms with Crippen LogP contribution in [0, 0.1) is 11.3 Å². The molecule has 0 aliphatic carbocycles. The largest absolute Gasteiger partial charge is 0.506 e. The van der Waals surface area contributed by atoms with Gasteiger partial charge in [0.1, 0.15) is 36.5 Å². The molecule has 0 spiro atoms. The number of aliphatic hydroxyl groups is 1. The van der Waals surface area contributed by atoms with E-state index >= 15 is 0 Å². The normalized spacial score (nSPS) is 11.7. The maximum atomic E-state index is 12.7. The number of aliphatic hydroxyl groups excluding tert-OH is 1. The SMILES string of the molecule is N#C/C(C(=O)Nc1ccc(C(F)(F)F)cc1)=C(/O)c1ccccc1OCCOc1ccccc1. The highest BCUT2D eigenvalue weighted by atomic mass is 19.4. The highest BCUT2D eigenvalue weighted by Gasteiger charge is 2.30. The van der Waals surface area contributed by atoms with Crippen LogP contribution in [0.5, 0.6) is 11.5 Å². The Morgan fingerprint density at radius 3 is 2.18 bits per heavy atom. The zero-order valence-corrected chi connectivity index (χ0v) is 17.7. The topological polar surface area (TPSA) is 91.6 Å². The van der Waals surface area contributed by atoms with Crippen molar-refractivity contribution >= 4 is 17.4 Å². The Kier molecular flexibility index (Phi) is 7.77. The molecule has 3 aromatic rings. The highest BCUT2D eigenvalue weighted by Crippen LogP contribution is 2.30. The van der Waals surface area contributed by atoms with Gasteiger partial charge >= 0.3 is 6.18 Å². The van der Waals surface area contributed by atoms with E-state index in [9.17, 15) is 28.3 Å². The van der Waals surface area contributed by atoms with Crippen LogP contribution in [0.1, 0.15) is 11.1 Å². The number of ether oxygens (including phenoxy) is 2. The summed E-state index contributed by atoms with van der Waals surface area (Å²) in [5.41, 5.74) is -1.38. The van der Waals surface area contributed by atoms with Gasteiger partial charge in [0, 0.05) is 5.69 Å². The summed E-state index contributed by atoms with van der Waals surface area (Å²) in [6.45, 7) is 0.334. The van der Waals surface area contributed by atoms with Crippen molar-refractivity contribution < 1.29 is 32.5 Å². The van der Waals surface area contributed by atoms with Crippen molar-refractivity contribution in [2.75, 3.05) is 18.5 Å². The Balaban J connectivity index is 1.72. The van der Waals surface area contributed by atoms with E-state index in [1.165, 1.54) is 6.07 Å². The minimum Gasteiger partial charge on any atom is -0.506 e. The molecule has 3 rings (SSSR count). The number of nitriles is 1. The van der Waals surface area contributed by atoms with Crippen LogP contribution in [0.4, 0.5) is 18.9 Å². The smallest absolute Gasteiger partial charge is 0.416 e. The van der Waals surface area contributed by atoms with Gasteiger partial charge in [0.05, 0.1) is 11.1 Å². The Morgan fingerprint density at radius 2 is 1.53 bits per heavy atom. The highest BCUT2D eigenvalue weighted by molar-refractivity contribution is 6.11. The van der Waals surface area contributed by atoms with Gasteiger partial charge in [-0.2, -0.15) is 18.4 Å². The van der Waals surface area contributed by atoms with Crippen LogP contribution in [-0.2, 0) is 11.0 Å². The number of amides is 1. The summed E-state index contributed by atoms with van der Waals surface area (Å²) in [4.78, 5) is 12.5. The zero-order chi connectivity index (χ0) is 24.6. The van der Waals surface area contributed by atoms with Gasteiger partial charge in [-0.1, -0.05) is 30.3 Å². The zero-order valence-electron chi connectivity index (χ0n) is 17.7. The fraction of sp³-hybridized carbons (Fsp3) is 0.120. The molecule has 0 unspecified atom stereocenters. The first-order chi connectivity index (χ1) is 16.3. The Morgan fingerprint density at radius 1 is 0.912 bits per heavy atom. The summed E-state index contributed by atoms with van der Waals surface area (Å²) in [5.74, 6) is -0.742. The van der Waals surface area contributed by atoms with E-state index in [4.69, 9.17) is 9.47 Å². The molecule has 0 aliphatic rings. The van der Waals surface area contributed by atoms with E-state index in [-0.39, 0.29) is 30.2 Å². The van der Waals surface area contributed by atoms with Gasteiger partial charge in [0.2, 0.25) is 0 Å². The number of para-hydroxylation sites is 2. The summed E-state index contributed by atoms with van der Waals surface area (Å²) in [7, 11) is 0. The van der Waals surface area contributed by atoms with Crippen molar-refractivity contribution in [3.8, 4) is 17.6 Å². The molecule has 34 heavy (non-hydrogen) atoms. The lowest BCUT2D eigenvalue weighted by molar-refractivity contribution is -0.137. The van der Waals surface area contributed by atoms with Gasteiger partial charge in [-0.15, -0.1) is 0 Å². The van der Waals surface area contributed by atoms with E-state index in [0.29, 0.717) is 5.75 Å². The molecule has 0 heterocycles. The average molecular weight is 468 g/mol. The number of hydrogen-bond donors (Lipinski definition) is 2. The van der Waals surface area contributed by atoms with E-state index in [0.717, 1.165) is 24.3 Å². The Labute approximate surface area is 193 Å². The lowest BCUT2D eigenvalue weighted by Gasteiger charge is -2.13. The van der Waals surface area contributed by atoms with Crippen molar-refractivity contribution in [1.82, 2.24) is 0 Å². The van der Waals surface area contributed by atoms with Crippen LogP contribution in [-0.4, -0.2) is 24.2 Å². The van der Waals surface area contributed by atoms with E-state index in [1.54, 1.807) is 36.4 Å². The first kappa shape index (κ1) is 24.2. The van der Waals surface area contributed by atoms with Gasteiger partial charge in [-0.25, -0.2) is 0 Å². The average Bonchev–Trinajstić information content (AvgIpc) is 2.83. The van der Waals surface area contributed by atoms with Crippen LogP contribution in [0.15, 0.2) is 84.4 Å². The summed E-state index contributed by atoms with van der Waals surface area (Å²) < 4.78 is 49.3. The van der Waals surface area contributed by atoms with Crippen molar-refractivity contribution in [3.05, 3.63) is 95.6 Å². The second-order valence-electron chi connectivity index (χ2n) is 6.87. The molecule has 0 aliphatic heterocycles. The summed E-state index contributed by atoms with van der Waals surface area (Å²) in [5, 5.41) is 22.4. The molecule has 0 aromatic heterocycles. The summed E-state index contributed by atoms with van der Waals surface area (Å²) >= 11 is 0. The molecule has 3 aromatic carbocycles. The molecule has 174 valence electrons. The molecule has 2 N–H and O–H groups in total. The third-order valence-corrected chi connectivity index (χ3v) is 4.54. The van der Waals surface area contributed by atoms with E-state index < -0.39 is 29.0 Å². The van der Waals surface area contributed by atoms with Gasteiger partial charge in [0.15, 0.2) is 5.57 Å². The quantitative estimate of drug-likeness (QED) is 0.195. The fourth-order valence-corrected chi connectivity index (χ4v) is 2.90. The molecular formula is C25H19F3N2O4. The third kappa shape index (κ3) is 6.29. The lowest BCUT2D eigenvalue weighted by Crippen LogP contribution is -2.16. The van der Waals surface area contributed by atoms with Crippen molar-refractivity contribution in [1.29, 1.82) is 5.26 Å². The second kappa shape index (κ2) is 10.9. The molecule has 6 nitrogen and oxygen atoms in total. The second-order valence-corrected chi connectivity index (χ2v) is 6.87. The minimum atomic E-state index is -4.52. The molecule has 0 bridgehead atoms. The van der Waals surface area contributed by atoms with Gasteiger partial charge in [-0.05, 0) is 48.5 Å². The first-order valence-electron chi connectivity index (χ1n) is 10.0. The maximum absolute atomic E-state index is 12.7. The maximum Gasteiger partial charge on any atom is 0.416 e. The Hall–Kier alpha value is -4.45. The molecule has 0 radical (unpaired) electrons. The number of nitrogens with one attached hydrogen (secondary N) is 1. The van der Waals surface area contributed by atoms with Gasteiger partial charge in [0.25, 0.3) is 5.91 Å². The molecular weight excluding hydrogens is 449 g/mol. The number of anilines is 1. The van der Waals surface area contributed by atoms with Crippen LogP contribution in [0.25, 0.3) is 5.76 Å². The number of rotatable bonds is 8. The lowest BCUT2D eigenvalue weighted by atomic mass is 10.1. The monoisotopic (exact) mass is 468 g/mol. The minimum absolute atomic E-state index is 0.0288. The van der Waals surface area contributed by atoms with Gasteiger partial charge < -0.3 is 19.9 Å². The summed E-state index contributed by atoms with van der Waals surface area (Å²) in [6, 6.07) is 20.7. The van der Waals surface area contributed by atoms with Crippen LogP contribution in [0.2, 0.25) is 0 Å². The molecule has 0 fully saturated rings. The van der Waals surface area contributed by atoms with Crippen molar-refractivity contribution in [3.63, 3.8) is 0 Å². The van der Waals surface area contributed by atoms with Crippen LogP contribution < -0.4 is 14.8 Å². The number of halogens is 3. The predicted octanol–water partition coefficient (Wildman–Crippen LogP) is 5.59. The number of carbonyl (C=O) groups is 1. The molecule has 9 heteroatoms. The number of benzene rings is 3. The molecule has 0 atom stereocenters. The first-order valence-corrected chi connectivity index (χ1v) is 10.0. The standard InChI is InChI=1S/C25H19F3N2O4/c26-25(27,28)17-10-12-18(13-11-17)30-24(32)21(16-29)23(31)20-8-4-5-9-22(20)34-15-14-33-19-6-2-1-3-7-19/h1-13,31H,14-15H2,(H,30,32)/b23-21-. The molecule has 0 saturated carbocycles. The number of alkyl halides is 3. The molecule has 1 amide bonds. The number of hydrogen-bond acceptors (Lipinski definition) is 5. The number of carbonyl (C=O) groups excluding carboxylic acids is 1. The summed E-state index contributed by atoms with van der Waals surface area (Å²) in [6.07, 6.45) is -4.52. The van der Waals surface area contributed by atoms with Crippen molar-refractivity contribution in [2.45, 2.75) is 6.18 Å². The number of nitrogens with zero attached hydrogens (tertiary/aromatic N) is 1.